The van der Waals surface area contributed by atoms with Gasteiger partial charge in [-0.2, -0.15) is 0 Å². The molecule has 2 amide bonds. The van der Waals surface area contributed by atoms with Crippen molar-refractivity contribution in [3.8, 4) is 0 Å². The van der Waals surface area contributed by atoms with Crippen molar-refractivity contribution in [1.82, 2.24) is 4.90 Å². The number of anilines is 2. The molecule has 0 aliphatic rings. The standard InChI is InChI=1S/C16H25N3O2/c1-4-7-8-15(20)18-14-10-9-12(11-13(14)17)16(21)19(5-2)6-3/h9-11H,4-8,17H2,1-3H3,(H,18,20). The Morgan fingerprint density at radius 2 is 1.86 bits per heavy atom. The number of carbonyl (C=O) groups is 2. The van der Waals surface area contributed by atoms with Crippen molar-refractivity contribution in [2.45, 2.75) is 40.0 Å². The van der Waals surface area contributed by atoms with Crippen molar-refractivity contribution in [1.29, 1.82) is 0 Å². The van der Waals surface area contributed by atoms with E-state index in [4.69, 9.17) is 5.73 Å². The molecule has 0 heterocycles. The van der Waals surface area contributed by atoms with Crippen molar-refractivity contribution in [3.63, 3.8) is 0 Å². The molecule has 0 bridgehead atoms. The topological polar surface area (TPSA) is 75.4 Å². The first-order valence-electron chi connectivity index (χ1n) is 7.52. The molecular formula is C16H25N3O2. The molecule has 0 aromatic heterocycles. The minimum atomic E-state index is -0.0497. The second-order valence-electron chi connectivity index (χ2n) is 4.93. The van der Waals surface area contributed by atoms with E-state index in [9.17, 15) is 9.59 Å². The highest BCUT2D eigenvalue weighted by atomic mass is 16.2. The molecular weight excluding hydrogens is 266 g/mol. The van der Waals surface area contributed by atoms with Crippen LogP contribution in [0.3, 0.4) is 0 Å². The zero-order valence-corrected chi connectivity index (χ0v) is 13.1. The Labute approximate surface area is 126 Å². The third kappa shape index (κ3) is 4.77. The van der Waals surface area contributed by atoms with Crippen LogP contribution in [-0.2, 0) is 4.79 Å². The van der Waals surface area contributed by atoms with E-state index in [0.717, 1.165) is 12.8 Å². The Morgan fingerprint density at radius 1 is 1.19 bits per heavy atom. The Balaban J connectivity index is 2.80. The van der Waals surface area contributed by atoms with Crippen LogP contribution in [0.15, 0.2) is 18.2 Å². The fourth-order valence-corrected chi connectivity index (χ4v) is 2.05. The van der Waals surface area contributed by atoms with Crippen LogP contribution in [0.1, 0.15) is 50.4 Å². The normalized spacial score (nSPS) is 10.2. The van der Waals surface area contributed by atoms with Crippen molar-refractivity contribution in [3.05, 3.63) is 23.8 Å². The van der Waals surface area contributed by atoms with Gasteiger partial charge in [-0.25, -0.2) is 0 Å². The van der Waals surface area contributed by atoms with Gasteiger partial charge in [0.15, 0.2) is 0 Å². The fraction of sp³-hybridized carbons (Fsp3) is 0.500. The number of benzene rings is 1. The molecule has 3 N–H and O–H groups in total. The second kappa shape index (κ2) is 8.29. The summed E-state index contributed by atoms with van der Waals surface area (Å²) in [5, 5.41) is 2.78. The lowest BCUT2D eigenvalue weighted by molar-refractivity contribution is -0.116. The number of nitrogen functional groups attached to an aromatic ring is 1. The van der Waals surface area contributed by atoms with E-state index in [1.165, 1.54) is 0 Å². The van der Waals surface area contributed by atoms with Gasteiger partial charge in [-0.05, 0) is 38.5 Å². The van der Waals surface area contributed by atoms with Gasteiger partial charge in [-0.1, -0.05) is 13.3 Å². The smallest absolute Gasteiger partial charge is 0.253 e. The number of rotatable bonds is 7. The number of hydrogen-bond acceptors (Lipinski definition) is 3. The number of nitrogens with two attached hydrogens (primary N) is 1. The van der Waals surface area contributed by atoms with Gasteiger partial charge in [0, 0.05) is 25.1 Å². The Kier molecular flexibility index (Phi) is 6.72. The zero-order valence-electron chi connectivity index (χ0n) is 13.1. The van der Waals surface area contributed by atoms with Crippen molar-refractivity contribution in [2.75, 3.05) is 24.1 Å². The van der Waals surface area contributed by atoms with Gasteiger partial charge in [-0.3, -0.25) is 9.59 Å². The van der Waals surface area contributed by atoms with E-state index in [2.05, 4.69) is 5.32 Å². The van der Waals surface area contributed by atoms with Crippen LogP contribution in [-0.4, -0.2) is 29.8 Å². The molecule has 0 spiro atoms. The van der Waals surface area contributed by atoms with Gasteiger partial charge < -0.3 is 16.0 Å². The number of nitrogens with one attached hydrogen (secondary N) is 1. The molecule has 0 saturated heterocycles. The minimum absolute atomic E-state index is 0.0458. The number of amides is 2. The summed E-state index contributed by atoms with van der Waals surface area (Å²) in [7, 11) is 0. The van der Waals surface area contributed by atoms with Gasteiger partial charge in [0.05, 0.1) is 11.4 Å². The van der Waals surface area contributed by atoms with E-state index < -0.39 is 0 Å². The summed E-state index contributed by atoms with van der Waals surface area (Å²) in [5.74, 6) is -0.0954. The minimum Gasteiger partial charge on any atom is -0.397 e. The molecule has 1 aromatic carbocycles. The van der Waals surface area contributed by atoms with Gasteiger partial charge in [0.2, 0.25) is 5.91 Å². The first kappa shape index (κ1) is 17.0. The first-order valence-corrected chi connectivity index (χ1v) is 7.52. The molecule has 116 valence electrons. The molecule has 0 unspecified atom stereocenters. The summed E-state index contributed by atoms with van der Waals surface area (Å²) < 4.78 is 0. The molecule has 1 rings (SSSR count). The lowest BCUT2D eigenvalue weighted by Crippen LogP contribution is -2.30. The quantitative estimate of drug-likeness (QED) is 0.758. The second-order valence-corrected chi connectivity index (χ2v) is 4.93. The average Bonchev–Trinajstić information content (AvgIpc) is 2.48. The summed E-state index contributed by atoms with van der Waals surface area (Å²) >= 11 is 0. The van der Waals surface area contributed by atoms with E-state index in [1.54, 1.807) is 23.1 Å². The van der Waals surface area contributed by atoms with E-state index in [0.29, 0.717) is 36.4 Å². The van der Waals surface area contributed by atoms with Crippen LogP contribution in [0, 0.1) is 0 Å². The Morgan fingerprint density at radius 3 is 2.38 bits per heavy atom. The lowest BCUT2D eigenvalue weighted by atomic mass is 10.1. The first-order chi connectivity index (χ1) is 10.0. The third-order valence-electron chi connectivity index (χ3n) is 3.38. The molecule has 0 atom stereocenters. The Hall–Kier alpha value is -2.04. The van der Waals surface area contributed by atoms with Crippen LogP contribution in [0.4, 0.5) is 11.4 Å². The molecule has 21 heavy (non-hydrogen) atoms. The Bertz CT molecular complexity index is 496. The average molecular weight is 291 g/mol. The highest BCUT2D eigenvalue weighted by molar-refractivity contribution is 5.98. The highest BCUT2D eigenvalue weighted by Gasteiger charge is 2.14. The number of carbonyl (C=O) groups excluding carboxylic acids is 2. The molecule has 0 radical (unpaired) electrons. The van der Waals surface area contributed by atoms with Crippen molar-refractivity contribution in [2.24, 2.45) is 0 Å². The summed E-state index contributed by atoms with van der Waals surface area (Å²) in [6, 6.07) is 5.01. The van der Waals surface area contributed by atoms with Crippen LogP contribution in [0.2, 0.25) is 0 Å². The fourth-order valence-electron chi connectivity index (χ4n) is 2.05. The maximum absolute atomic E-state index is 12.2. The summed E-state index contributed by atoms with van der Waals surface area (Å²) in [5.41, 5.74) is 7.45. The van der Waals surface area contributed by atoms with Gasteiger partial charge >= 0.3 is 0 Å². The summed E-state index contributed by atoms with van der Waals surface area (Å²) in [6.45, 7) is 7.23. The number of unbranched alkanes of at least 4 members (excludes halogenated alkanes) is 1. The van der Waals surface area contributed by atoms with Gasteiger partial charge in [0.25, 0.3) is 5.91 Å². The highest BCUT2D eigenvalue weighted by Crippen LogP contribution is 2.21. The van der Waals surface area contributed by atoms with E-state index in [-0.39, 0.29) is 11.8 Å². The van der Waals surface area contributed by atoms with Crippen LogP contribution in [0.5, 0.6) is 0 Å². The molecule has 0 aliphatic carbocycles. The third-order valence-corrected chi connectivity index (χ3v) is 3.38. The summed E-state index contributed by atoms with van der Waals surface area (Å²) in [4.78, 5) is 25.6. The molecule has 0 saturated carbocycles. The number of nitrogens with zero attached hydrogens (tertiary/aromatic N) is 1. The van der Waals surface area contributed by atoms with Crippen molar-refractivity contribution >= 4 is 23.2 Å². The SMILES string of the molecule is CCCCC(=O)Nc1ccc(C(=O)N(CC)CC)cc1N. The predicted octanol–water partition coefficient (Wildman–Crippen LogP) is 2.88. The van der Waals surface area contributed by atoms with Gasteiger partial charge in [-0.15, -0.1) is 0 Å². The van der Waals surface area contributed by atoms with Crippen LogP contribution >= 0.6 is 0 Å². The van der Waals surface area contributed by atoms with E-state index in [1.807, 2.05) is 20.8 Å². The van der Waals surface area contributed by atoms with Gasteiger partial charge in [0.1, 0.15) is 0 Å². The number of hydrogen-bond donors (Lipinski definition) is 2. The molecule has 5 nitrogen and oxygen atoms in total. The lowest BCUT2D eigenvalue weighted by Gasteiger charge is -2.19. The van der Waals surface area contributed by atoms with Crippen molar-refractivity contribution < 1.29 is 9.59 Å². The monoisotopic (exact) mass is 291 g/mol. The maximum Gasteiger partial charge on any atom is 0.253 e. The zero-order chi connectivity index (χ0) is 15.8. The molecule has 0 aliphatic heterocycles. The molecule has 0 fully saturated rings. The largest absolute Gasteiger partial charge is 0.397 e. The van der Waals surface area contributed by atoms with Crippen LogP contribution < -0.4 is 11.1 Å². The van der Waals surface area contributed by atoms with E-state index >= 15 is 0 Å². The summed E-state index contributed by atoms with van der Waals surface area (Å²) in [6.07, 6.45) is 2.31. The molecule has 5 heteroatoms. The predicted molar refractivity (Wildman–Crippen MR) is 86.3 cm³/mol. The maximum atomic E-state index is 12.2. The van der Waals surface area contributed by atoms with Crippen LogP contribution in [0.25, 0.3) is 0 Å². The molecule has 1 aromatic rings.